The highest BCUT2D eigenvalue weighted by molar-refractivity contribution is 5.82. The molecule has 0 aliphatic carbocycles. The molecular formula is C14H24N4O3. The van der Waals surface area contributed by atoms with Crippen molar-refractivity contribution in [2.45, 2.75) is 52.6 Å². The Labute approximate surface area is 124 Å². The summed E-state index contributed by atoms with van der Waals surface area (Å²) in [5.74, 6) is -1.01. The van der Waals surface area contributed by atoms with Crippen molar-refractivity contribution in [2.75, 3.05) is 0 Å². The number of unbranched alkanes of at least 4 members (excludes halogenated alkanes) is 1. The van der Waals surface area contributed by atoms with Crippen LogP contribution in [0.2, 0.25) is 0 Å². The second kappa shape index (κ2) is 7.66. The van der Waals surface area contributed by atoms with Crippen molar-refractivity contribution < 1.29 is 14.7 Å². The molecule has 3 N–H and O–H groups in total. The Bertz CT molecular complexity index is 511. The topological polar surface area (TPSA) is 96.3 Å². The second-order valence-electron chi connectivity index (χ2n) is 5.13. The number of rotatable bonds is 7. The van der Waals surface area contributed by atoms with Crippen molar-refractivity contribution in [3.05, 3.63) is 17.0 Å². The zero-order chi connectivity index (χ0) is 16.0. The van der Waals surface area contributed by atoms with Crippen molar-refractivity contribution in [3.8, 4) is 0 Å². The zero-order valence-electron chi connectivity index (χ0n) is 13.1. The predicted octanol–water partition coefficient (Wildman–Crippen LogP) is 1.48. The van der Waals surface area contributed by atoms with Gasteiger partial charge in [0.05, 0.1) is 5.69 Å². The molecule has 0 radical (unpaired) electrons. The van der Waals surface area contributed by atoms with Crippen LogP contribution in [-0.2, 0) is 18.4 Å². The first-order valence-corrected chi connectivity index (χ1v) is 7.13. The number of urea groups is 1. The Morgan fingerprint density at radius 3 is 2.52 bits per heavy atom. The SMILES string of the molecule is CCCCC(NC(=O)NCc1c(C)nn(C)c1C)C(=O)O. The van der Waals surface area contributed by atoms with E-state index >= 15 is 0 Å². The minimum absolute atomic E-state index is 0.331. The lowest BCUT2D eigenvalue weighted by molar-refractivity contribution is -0.139. The van der Waals surface area contributed by atoms with E-state index in [0.29, 0.717) is 13.0 Å². The van der Waals surface area contributed by atoms with Crippen LogP contribution in [0.1, 0.15) is 43.1 Å². The molecule has 0 aliphatic rings. The van der Waals surface area contributed by atoms with Gasteiger partial charge in [-0.25, -0.2) is 9.59 Å². The van der Waals surface area contributed by atoms with Crippen LogP contribution in [0.3, 0.4) is 0 Å². The summed E-state index contributed by atoms with van der Waals surface area (Å²) in [5.41, 5.74) is 2.79. The monoisotopic (exact) mass is 296 g/mol. The van der Waals surface area contributed by atoms with Crippen molar-refractivity contribution >= 4 is 12.0 Å². The molecule has 7 heteroatoms. The van der Waals surface area contributed by atoms with E-state index in [9.17, 15) is 9.59 Å². The minimum atomic E-state index is -1.01. The quantitative estimate of drug-likeness (QED) is 0.710. The molecule has 0 aliphatic heterocycles. The second-order valence-corrected chi connectivity index (χ2v) is 5.13. The molecule has 7 nitrogen and oxygen atoms in total. The van der Waals surface area contributed by atoms with Gasteiger partial charge < -0.3 is 15.7 Å². The maximum atomic E-state index is 11.8. The van der Waals surface area contributed by atoms with Gasteiger partial charge in [-0.05, 0) is 20.3 Å². The number of aliphatic carboxylic acids is 1. The first kappa shape index (κ1) is 17.0. The van der Waals surface area contributed by atoms with Crippen molar-refractivity contribution in [1.29, 1.82) is 0 Å². The fraction of sp³-hybridized carbons (Fsp3) is 0.643. The van der Waals surface area contributed by atoms with Crippen molar-refractivity contribution in [1.82, 2.24) is 20.4 Å². The van der Waals surface area contributed by atoms with E-state index in [2.05, 4.69) is 15.7 Å². The zero-order valence-corrected chi connectivity index (χ0v) is 13.1. The van der Waals surface area contributed by atoms with Crippen LogP contribution < -0.4 is 10.6 Å². The summed E-state index contributed by atoms with van der Waals surface area (Å²) < 4.78 is 1.76. The Balaban J connectivity index is 2.54. The highest BCUT2D eigenvalue weighted by Gasteiger charge is 2.19. The van der Waals surface area contributed by atoms with E-state index in [4.69, 9.17) is 5.11 Å². The molecule has 2 amide bonds. The van der Waals surface area contributed by atoms with Crippen molar-refractivity contribution in [2.24, 2.45) is 7.05 Å². The van der Waals surface area contributed by atoms with Gasteiger partial charge in [0.25, 0.3) is 0 Å². The number of carbonyl (C=O) groups is 2. The summed E-state index contributed by atoms with van der Waals surface area (Å²) in [6, 6.07) is -1.32. The molecule has 0 saturated heterocycles. The van der Waals surface area contributed by atoms with E-state index in [1.165, 1.54) is 0 Å². The van der Waals surface area contributed by atoms with Gasteiger partial charge in [-0.1, -0.05) is 19.8 Å². The number of hydrogen-bond acceptors (Lipinski definition) is 3. The Morgan fingerprint density at radius 2 is 2.05 bits per heavy atom. The van der Waals surface area contributed by atoms with Gasteiger partial charge in [0.15, 0.2) is 0 Å². The Kier molecular flexibility index (Phi) is 6.20. The molecule has 1 heterocycles. The van der Waals surface area contributed by atoms with Gasteiger partial charge in [-0.2, -0.15) is 5.10 Å². The standard InChI is InChI=1S/C14H24N4O3/c1-5-6-7-12(13(19)20)16-14(21)15-8-11-9(2)17-18(4)10(11)3/h12H,5-8H2,1-4H3,(H,19,20)(H2,15,16,21). The molecule has 0 bridgehead atoms. The number of hydrogen-bond donors (Lipinski definition) is 3. The summed E-state index contributed by atoms with van der Waals surface area (Å²) >= 11 is 0. The third kappa shape index (κ3) is 4.77. The largest absolute Gasteiger partial charge is 0.480 e. The summed E-state index contributed by atoms with van der Waals surface area (Å²) in [4.78, 5) is 22.9. The number of aryl methyl sites for hydroxylation is 2. The van der Waals surface area contributed by atoms with Crippen LogP contribution in [0.15, 0.2) is 0 Å². The fourth-order valence-corrected chi connectivity index (χ4v) is 2.12. The van der Waals surface area contributed by atoms with Gasteiger partial charge in [-0.15, -0.1) is 0 Å². The number of nitrogens with one attached hydrogen (secondary N) is 2. The summed E-state index contributed by atoms with van der Waals surface area (Å²) in [7, 11) is 1.84. The summed E-state index contributed by atoms with van der Waals surface area (Å²) in [6.07, 6.45) is 2.09. The average molecular weight is 296 g/mol. The van der Waals surface area contributed by atoms with Crippen LogP contribution in [0, 0.1) is 13.8 Å². The number of amides is 2. The van der Waals surface area contributed by atoms with Crippen LogP contribution in [-0.4, -0.2) is 32.9 Å². The van der Waals surface area contributed by atoms with Gasteiger partial charge in [0, 0.05) is 24.8 Å². The van der Waals surface area contributed by atoms with E-state index in [1.54, 1.807) is 4.68 Å². The normalized spacial score (nSPS) is 12.0. The number of carboxylic acid groups (broad SMARTS) is 1. The third-order valence-electron chi connectivity index (χ3n) is 3.53. The Hall–Kier alpha value is -2.05. The van der Waals surface area contributed by atoms with Crippen LogP contribution in [0.4, 0.5) is 4.79 Å². The van der Waals surface area contributed by atoms with Crippen LogP contribution >= 0.6 is 0 Å². The fourth-order valence-electron chi connectivity index (χ4n) is 2.12. The summed E-state index contributed by atoms with van der Waals surface area (Å²) in [6.45, 7) is 6.11. The molecular weight excluding hydrogens is 272 g/mol. The molecule has 0 fully saturated rings. The highest BCUT2D eigenvalue weighted by Crippen LogP contribution is 2.11. The molecule has 1 aromatic heterocycles. The van der Waals surface area contributed by atoms with Crippen LogP contribution in [0.25, 0.3) is 0 Å². The maximum absolute atomic E-state index is 11.8. The van der Waals surface area contributed by atoms with Crippen LogP contribution in [0.5, 0.6) is 0 Å². The number of carboxylic acids is 1. The first-order chi connectivity index (χ1) is 9.86. The van der Waals surface area contributed by atoms with E-state index in [-0.39, 0.29) is 0 Å². The number of nitrogens with zero attached hydrogens (tertiary/aromatic N) is 2. The lowest BCUT2D eigenvalue weighted by Gasteiger charge is -2.14. The van der Waals surface area contributed by atoms with E-state index < -0.39 is 18.0 Å². The van der Waals surface area contributed by atoms with E-state index in [0.717, 1.165) is 29.8 Å². The van der Waals surface area contributed by atoms with Gasteiger partial charge in [0.2, 0.25) is 0 Å². The molecule has 0 aromatic carbocycles. The van der Waals surface area contributed by atoms with Gasteiger partial charge >= 0.3 is 12.0 Å². The molecule has 1 atom stereocenters. The summed E-state index contributed by atoms with van der Waals surface area (Å²) in [5, 5.41) is 18.5. The van der Waals surface area contributed by atoms with Gasteiger partial charge in [-0.3, -0.25) is 4.68 Å². The first-order valence-electron chi connectivity index (χ1n) is 7.13. The third-order valence-corrected chi connectivity index (χ3v) is 3.53. The Morgan fingerprint density at radius 1 is 1.38 bits per heavy atom. The molecule has 118 valence electrons. The lowest BCUT2D eigenvalue weighted by Crippen LogP contribution is -2.45. The number of aromatic nitrogens is 2. The molecule has 21 heavy (non-hydrogen) atoms. The maximum Gasteiger partial charge on any atom is 0.326 e. The average Bonchev–Trinajstić information content (AvgIpc) is 2.66. The molecule has 0 saturated carbocycles. The molecule has 1 aromatic rings. The highest BCUT2D eigenvalue weighted by atomic mass is 16.4. The smallest absolute Gasteiger partial charge is 0.326 e. The predicted molar refractivity (Wildman–Crippen MR) is 79.0 cm³/mol. The number of carbonyl (C=O) groups excluding carboxylic acids is 1. The van der Waals surface area contributed by atoms with Crippen molar-refractivity contribution in [3.63, 3.8) is 0 Å². The van der Waals surface area contributed by atoms with E-state index in [1.807, 2.05) is 27.8 Å². The lowest BCUT2D eigenvalue weighted by atomic mass is 10.1. The molecule has 0 spiro atoms. The minimum Gasteiger partial charge on any atom is -0.480 e. The molecule has 1 rings (SSSR count). The van der Waals surface area contributed by atoms with Gasteiger partial charge in [0.1, 0.15) is 6.04 Å². The molecule has 1 unspecified atom stereocenters.